The van der Waals surface area contributed by atoms with Crippen LogP contribution in [0, 0.1) is 0 Å². The Morgan fingerprint density at radius 2 is 1.73 bits per heavy atom. The summed E-state index contributed by atoms with van der Waals surface area (Å²) in [5, 5.41) is 3.43. The third-order valence-electron chi connectivity index (χ3n) is 2.49. The van der Waals surface area contributed by atoms with Crippen molar-refractivity contribution < 1.29 is 0 Å². The number of nitrogens with one attached hydrogen (secondary N) is 1. The number of hydrogen-bond acceptors (Lipinski definition) is 3. The van der Waals surface area contributed by atoms with Crippen molar-refractivity contribution in [3.63, 3.8) is 0 Å². The molecule has 0 heterocycles. The average Bonchev–Trinajstić information content (AvgIpc) is 2.24. The molecule has 0 radical (unpaired) electrons. The fourth-order valence-electron chi connectivity index (χ4n) is 1.72. The maximum atomic E-state index is 5.58. The van der Waals surface area contributed by atoms with E-state index in [-0.39, 0.29) is 0 Å². The van der Waals surface area contributed by atoms with E-state index in [9.17, 15) is 0 Å². The van der Waals surface area contributed by atoms with Crippen LogP contribution in [0.2, 0.25) is 0 Å². The van der Waals surface area contributed by atoms with E-state index in [1.54, 1.807) is 0 Å². The van der Waals surface area contributed by atoms with Crippen molar-refractivity contribution >= 4 is 0 Å². The second-order valence-electron chi connectivity index (χ2n) is 4.09. The molecule has 0 aromatic carbocycles. The molecule has 3 heteroatoms. The van der Waals surface area contributed by atoms with Gasteiger partial charge >= 0.3 is 0 Å². The molecule has 0 amide bonds. The molecule has 3 N–H and O–H groups in total. The largest absolute Gasteiger partial charge is 0.329 e. The van der Waals surface area contributed by atoms with E-state index in [2.05, 4.69) is 24.1 Å². The van der Waals surface area contributed by atoms with Crippen LogP contribution in [-0.2, 0) is 0 Å². The first-order valence-electron chi connectivity index (χ1n) is 6.48. The highest BCUT2D eigenvalue weighted by Gasteiger charge is 2.01. The monoisotopic (exact) mass is 215 g/mol. The molecule has 0 saturated heterocycles. The molecule has 15 heavy (non-hydrogen) atoms. The van der Waals surface area contributed by atoms with Crippen LogP contribution in [0.5, 0.6) is 0 Å². The average molecular weight is 215 g/mol. The van der Waals surface area contributed by atoms with Gasteiger partial charge in [0, 0.05) is 13.1 Å². The first-order chi connectivity index (χ1) is 7.35. The highest BCUT2D eigenvalue weighted by atomic mass is 15.1. The zero-order chi connectivity index (χ0) is 11.4. The Morgan fingerprint density at radius 3 is 2.33 bits per heavy atom. The first-order valence-corrected chi connectivity index (χ1v) is 6.48. The molecule has 0 aromatic heterocycles. The maximum absolute atomic E-state index is 5.58. The summed E-state index contributed by atoms with van der Waals surface area (Å²) in [6.07, 6.45) is 5.03. The van der Waals surface area contributed by atoms with Gasteiger partial charge in [0.2, 0.25) is 0 Å². The molecule has 0 rings (SSSR count). The molecular weight excluding hydrogens is 186 g/mol. The Kier molecular flexibility index (Phi) is 11.9. The van der Waals surface area contributed by atoms with E-state index in [4.69, 9.17) is 5.73 Å². The van der Waals surface area contributed by atoms with Gasteiger partial charge < -0.3 is 16.0 Å². The van der Waals surface area contributed by atoms with Crippen molar-refractivity contribution in [3.05, 3.63) is 0 Å². The van der Waals surface area contributed by atoms with Crippen LogP contribution in [0.25, 0.3) is 0 Å². The lowest BCUT2D eigenvalue weighted by molar-refractivity contribution is 0.275. The van der Waals surface area contributed by atoms with Crippen LogP contribution in [0.4, 0.5) is 0 Å². The smallest absolute Gasteiger partial charge is 0.0105 e. The molecular formula is C12H29N3. The van der Waals surface area contributed by atoms with Crippen LogP contribution in [0.15, 0.2) is 0 Å². The third kappa shape index (κ3) is 10.2. The molecule has 0 saturated carbocycles. The summed E-state index contributed by atoms with van der Waals surface area (Å²) in [5.41, 5.74) is 5.58. The van der Waals surface area contributed by atoms with E-state index in [1.165, 1.54) is 38.8 Å². The quantitative estimate of drug-likeness (QED) is 0.512. The van der Waals surface area contributed by atoms with Crippen molar-refractivity contribution in [2.45, 2.75) is 39.5 Å². The van der Waals surface area contributed by atoms with Crippen molar-refractivity contribution in [2.24, 2.45) is 5.73 Å². The molecule has 0 unspecified atom stereocenters. The number of unbranched alkanes of at least 4 members (excludes halogenated alkanes) is 1. The fraction of sp³-hybridized carbons (Fsp3) is 1.00. The SMILES string of the molecule is CCCNCCCCN(CCC)CCN. The predicted octanol–water partition coefficient (Wildman–Crippen LogP) is 1.44. The second-order valence-corrected chi connectivity index (χ2v) is 4.09. The Bertz CT molecular complexity index is 111. The van der Waals surface area contributed by atoms with E-state index in [0.29, 0.717) is 0 Å². The highest BCUT2D eigenvalue weighted by molar-refractivity contribution is 4.58. The number of hydrogen-bond donors (Lipinski definition) is 2. The standard InChI is InChI=1S/C12H29N3/c1-3-8-14-9-5-6-11-15(10-4-2)12-7-13/h14H,3-13H2,1-2H3. The molecule has 92 valence electrons. The summed E-state index contributed by atoms with van der Waals surface area (Å²) >= 11 is 0. The summed E-state index contributed by atoms with van der Waals surface area (Å²) in [4.78, 5) is 2.47. The van der Waals surface area contributed by atoms with E-state index in [0.717, 1.165) is 26.2 Å². The second kappa shape index (κ2) is 12.0. The Balaban J connectivity index is 3.28. The van der Waals surface area contributed by atoms with Crippen LogP contribution >= 0.6 is 0 Å². The molecule has 0 aliphatic carbocycles. The van der Waals surface area contributed by atoms with Crippen LogP contribution < -0.4 is 11.1 Å². The Morgan fingerprint density at radius 1 is 0.933 bits per heavy atom. The van der Waals surface area contributed by atoms with E-state index >= 15 is 0 Å². The van der Waals surface area contributed by atoms with Gasteiger partial charge in [0.25, 0.3) is 0 Å². The third-order valence-corrected chi connectivity index (χ3v) is 2.49. The first kappa shape index (κ1) is 14.9. The van der Waals surface area contributed by atoms with Crippen molar-refractivity contribution in [1.29, 1.82) is 0 Å². The van der Waals surface area contributed by atoms with Crippen molar-refractivity contribution in [2.75, 3.05) is 39.3 Å². The number of nitrogens with two attached hydrogens (primary N) is 1. The lowest BCUT2D eigenvalue weighted by Crippen LogP contribution is -2.31. The van der Waals surface area contributed by atoms with Crippen LogP contribution in [-0.4, -0.2) is 44.2 Å². The Hall–Kier alpha value is -0.120. The molecule has 0 spiro atoms. The minimum absolute atomic E-state index is 0.786. The molecule has 0 aromatic rings. The molecule has 0 aliphatic heterocycles. The molecule has 0 fully saturated rings. The highest BCUT2D eigenvalue weighted by Crippen LogP contribution is 1.96. The van der Waals surface area contributed by atoms with Crippen molar-refractivity contribution in [1.82, 2.24) is 10.2 Å². The normalized spacial score (nSPS) is 11.2. The molecule has 0 atom stereocenters. The lowest BCUT2D eigenvalue weighted by atomic mass is 10.2. The van der Waals surface area contributed by atoms with Gasteiger partial charge in [-0.05, 0) is 51.9 Å². The fourth-order valence-corrected chi connectivity index (χ4v) is 1.72. The van der Waals surface area contributed by atoms with Gasteiger partial charge in [0.05, 0.1) is 0 Å². The lowest BCUT2D eigenvalue weighted by Gasteiger charge is -2.20. The molecule has 3 nitrogen and oxygen atoms in total. The zero-order valence-corrected chi connectivity index (χ0v) is 10.6. The topological polar surface area (TPSA) is 41.3 Å². The predicted molar refractivity (Wildman–Crippen MR) is 68.2 cm³/mol. The summed E-state index contributed by atoms with van der Waals surface area (Å²) < 4.78 is 0. The number of rotatable bonds is 11. The summed E-state index contributed by atoms with van der Waals surface area (Å²) in [6, 6.07) is 0. The zero-order valence-electron chi connectivity index (χ0n) is 10.6. The molecule has 0 bridgehead atoms. The summed E-state index contributed by atoms with van der Waals surface area (Å²) in [7, 11) is 0. The minimum atomic E-state index is 0.786. The summed E-state index contributed by atoms with van der Waals surface area (Å²) in [6.45, 7) is 11.0. The van der Waals surface area contributed by atoms with E-state index < -0.39 is 0 Å². The minimum Gasteiger partial charge on any atom is -0.329 e. The van der Waals surface area contributed by atoms with E-state index in [1.807, 2.05) is 0 Å². The van der Waals surface area contributed by atoms with Gasteiger partial charge in [0.1, 0.15) is 0 Å². The molecule has 0 aliphatic rings. The van der Waals surface area contributed by atoms with Gasteiger partial charge in [-0.2, -0.15) is 0 Å². The van der Waals surface area contributed by atoms with Gasteiger partial charge in [-0.1, -0.05) is 13.8 Å². The number of nitrogens with zero attached hydrogens (tertiary/aromatic N) is 1. The van der Waals surface area contributed by atoms with Gasteiger partial charge in [-0.25, -0.2) is 0 Å². The van der Waals surface area contributed by atoms with Crippen LogP contribution in [0.1, 0.15) is 39.5 Å². The Labute approximate surface area is 95.4 Å². The maximum Gasteiger partial charge on any atom is 0.0105 e. The van der Waals surface area contributed by atoms with Crippen LogP contribution in [0.3, 0.4) is 0 Å². The summed E-state index contributed by atoms with van der Waals surface area (Å²) in [5.74, 6) is 0. The van der Waals surface area contributed by atoms with Gasteiger partial charge in [-0.3, -0.25) is 0 Å². The van der Waals surface area contributed by atoms with Gasteiger partial charge in [-0.15, -0.1) is 0 Å². The van der Waals surface area contributed by atoms with Crippen molar-refractivity contribution in [3.8, 4) is 0 Å². The van der Waals surface area contributed by atoms with Gasteiger partial charge in [0.15, 0.2) is 0 Å².